The SMILES string of the molecule is CC(C)(N)C(=O)Nc1cc(F)c(F)c(F)c1. The molecular weight excluding hydrogens is 221 g/mol. The Kier molecular flexibility index (Phi) is 3.23. The number of halogens is 3. The second-order valence-electron chi connectivity index (χ2n) is 3.93. The van der Waals surface area contributed by atoms with Gasteiger partial charge in [0.1, 0.15) is 0 Å². The highest BCUT2D eigenvalue weighted by Crippen LogP contribution is 2.18. The molecule has 1 rings (SSSR count). The summed E-state index contributed by atoms with van der Waals surface area (Å²) >= 11 is 0. The van der Waals surface area contributed by atoms with Crippen LogP contribution in [0.1, 0.15) is 13.8 Å². The molecule has 16 heavy (non-hydrogen) atoms. The summed E-state index contributed by atoms with van der Waals surface area (Å²) in [5, 5.41) is 2.18. The largest absolute Gasteiger partial charge is 0.324 e. The van der Waals surface area contributed by atoms with Crippen molar-refractivity contribution >= 4 is 11.6 Å². The molecule has 1 aromatic rings. The Bertz CT molecular complexity index is 404. The fourth-order valence-electron chi connectivity index (χ4n) is 0.920. The first kappa shape index (κ1) is 12.5. The number of carbonyl (C=O) groups excluding carboxylic acids is 1. The summed E-state index contributed by atoms with van der Waals surface area (Å²) < 4.78 is 38.2. The Hall–Kier alpha value is -1.56. The van der Waals surface area contributed by atoms with Crippen molar-refractivity contribution in [3.63, 3.8) is 0 Å². The monoisotopic (exact) mass is 232 g/mol. The molecule has 0 saturated heterocycles. The lowest BCUT2D eigenvalue weighted by molar-refractivity contribution is -0.120. The minimum absolute atomic E-state index is 0.181. The predicted molar refractivity (Wildman–Crippen MR) is 53.2 cm³/mol. The molecule has 0 heterocycles. The van der Waals surface area contributed by atoms with E-state index in [0.717, 1.165) is 0 Å². The standard InChI is InChI=1S/C10H11F3N2O/c1-10(2,14)9(16)15-5-3-6(11)8(13)7(12)4-5/h3-4H,14H2,1-2H3,(H,15,16). The first-order chi connectivity index (χ1) is 7.21. The van der Waals surface area contributed by atoms with E-state index in [0.29, 0.717) is 12.1 Å². The van der Waals surface area contributed by atoms with E-state index in [4.69, 9.17) is 5.73 Å². The molecule has 0 saturated carbocycles. The molecule has 0 aliphatic heterocycles. The molecule has 0 aromatic heterocycles. The summed E-state index contributed by atoms with van der Waals surface area (Å²) in [5.74, 6) is -4.95. The van der Waals surface area contributed by atoms with Gasteiger partial charge in [-0.05, 0) is 13.8 Å². The lowest BCUT2D eigenvalue weighted by Gasteiger charge is -2.17. The van der Waals surface area contributed by atoms with E-state index < -0.39 is 28.9 Å². The number of hydrogen-bond donors (Lipinski definition) is 2. The summed E-state index contributed by atoms with van der Waals surface area (Å²) in [4.78, 5) is 11.4. The Morgan fingerprint density at radius 1 is 1.25 bits per heavy atom. The molecule has 0 bridgehead atoms. The number of carbonyl (C=O) groups is 1. The third kappa shape index (κ3) is 2.73. The Morgan fingerprint density at radius 2 is 1.69 bits per heavy atom. The fourth-order valence-corrected chi connectivity index (χ4v) is 0.920. The highest BCUT2D eigenvalue weighted by Gasteiger charge is 2.22. The van der Waals surface area contributed by atoms with E-state index in [1.807, 2.05) is 0 Å². The lowest BCUT2D eigenvalue weighted by atomic mass is 10.1. The number of amides is 1. The molecule has 0 spiro atoms. The van der Waals surface area contributed by atoms with Gasteiger partial charge in [-0.1, -0.05) is 0 Å². The van der Waals surface area contributed by atoms with Crippen molar-refractivity contribution in [1.82, 2.24) is 0 Å². The first-order valence-electron chi connectivity index (χ1n) is 4.46. The van der Waals surface area contributed by atoms with Gasteiger partial charge in [-0.3, -0.25) is 4.79 Å². The van der Waals surface area contributed by atoms with Gasteiger partial charge in [0.15, 0.2) is 17.5 Å². The van der Waals surface area contributed by atoms with Crippen LogP contribution < -0.4 is 11.1 Å². The number of benzene rings is 1. The zero-order valence-electron chi connectivity index (χ0n) is 8.77. The van der Waals surface area contributed by atoms with E-state index >= 15 is 0 Å². The lowest BCUT2D eigenvalue weighted by Crippen LogP contribution is -2.45. The zero-order chi connectivity index (χ0) is 12.5. The average Bonchev–Trinajstić information content (AvgIpc) is 2.12. The Labute approximate surface area is 90.4 Å². The van der Waals surface area contributed by atoms with Crippen molar-refractivity contribution in [3.8, 4) is 0 Å². The van der Waals surface area contributed by atoms with E-state index in [1.165, 1.54) is 13.8 Å². The number of hydrogen-bond acceptors (Lipinski definition) is 2. The molecule has 3 nitrogen and oxygen atoms in total. The molecule has 0 aliphatic carbocycles. The molecular formula is C10H11F3N2O. The van der Waals surface area contributed by atoms with Crippen molar-refractivity contribution in [3.05, 3.63) is 29.6 Å². The van der Waals surface area contributed by atoms with E-state index in [9.17, 15) is 18.0 Å². The van der Waals surface area contributed by atoms with E-state index in [2.05, 4.69) is 5.32 Å². The third-order valence-corrected chi connectivity index (χ3v) is 1.83. The molecule has 0 unspecified atom stereocenters. The molecule has 0 aliphatic rings. The highest BCUT2D eigenvalue weighted by atomic mass is 19.2. The van der Waals surface area contributed by atoms with Crippen LogP contribution in [0.2, 0.25) is 0 Å². The Morgan fingerprint density at radius 3 is 2.06 bits per heavy atom. The third-order valence-electron chi connectivity index (χ3n) is 1.83. The fraction of sp³-hybridized carbons (Fsp3) is 0.300. The van der Waals surface area contributed by atoms with Gasteiger partial charge in [0.05, 0.1) is 5.54 Å². The summed E-state index contributed by atoms with van der Waals surface area (Å²) in [7, 11) is 0. The van der Waals surface area contributed by atoms with Crippen LogP contribution in [0.25, 0.3) is 0 Å². The van der Waals surface area contributed by atoms with Crippen molar-refractivity contribution in [2.75, 3.05) is 5.32 Å². The van der Waals surface area contributed by atoms with Crippen LogP contribution in [0.15, 0.2) is 12.1 Å². The number of nitrogens with two attached hydrogens (primary N) is 1. The van der Waals surface area contributed by atoms with Crippen molar-refractivity contribution in [2.24, 2.45) is 5.73 Å². The summed E-state index contributed by atoms with van der Waals surface area (Å²) in [6.07, 6.45) is 0. The molecule has 6 heteroatoms. The van der Waals surface area contributed by atoms with Gasteiger partial charge in [-0.2, -0.15) is 0 Å². The smallest absolute Gasteiger partial charge is 0.243 e. The van der Waals surface area contributed by atoms with Crippen LogP contribution in [-0.2, 0) is 4.79 Å². The number of anilines is 1. The maximum Gasteiger partial charge on any atom is 0.243 e. The molecule has 0 atom stereocenters. The van der Waals surface area contributed by atoms with Gasteiger partial charge in [0.25, 0.3) is 0 Å². The minimum atomic E-state index is -1.58. The second kappa shape index (κ2) is 4.13. The van der Waals surface area contributed by atoms with Gasteiger partial charge in [0.2, 0.25) is 5.91 Å². The quantitative estimate of drug-likeness (QED) is 0.763. The topological polar surface area (TPSA) is 55.1 Å². The maximum atomic E-state index is 12.8. The van der Waals surface area contributed by atoms with Gasteiger partial charge >= 0.3 is 0 Å². The minimum Gasteiger partial charge on any atom is -0.324 e. The van der Waals surface area contributed by atoms with Crippen molar-refractivity contribution < 1.29 is 18.0 Å². The van der Waals surface area contributed by atoms with Crippen LogP contribution in [0.5, 0.6) is 0 Å². The van der Waals surface area contributed by atoms with Gasteiger partial charge < -0.3 is 11.1 Å². The Balaban J connectivity index is 2.96. The van der Waals surface area contributed by atoms with Gasteiger partial charge in [-0.15, -0.1) is 0 Å². The van der Waals surface area contributed by atoms with Crippen LogP contribution in [0.4, 0.5) is 18.9 Å². The molecule has 3 N–H and O–H groups in total. The zero-order valence-corrected chi connectivity index (χ0v) is 8.77. The van der Waals surface area contributed by atoms with Crippen LogP contribution in [-0.4, -0.2) is 11.4 Å². The first-order valence-corrected chi connectivity index (χ1v) is 4.46. The predicted octanol–water partition coefficient (Wildman–Crippen LogP) is 1.78. The van der Waals surface area contributed by atoms with Crippen LogP contribution in [0, 0.1) is 17.5 Å². The van der Waals surface area contributed by atoms with E-state index in [-0.39, 0.29) is 5.69 Å². The summed E-state index contributed by atoms with van der Waals surface area (Å²) in [6, 6.07) is 1.37. The summed E-state index contributed by atoms with van der Waals surface area (Å²) in [6.45, 7) is 2.86. The second-order valence-corrected chi connectivity index (χ2v) is 3.93. The average molecular weight is 232 g/mol. The normalized spacial score (nSPS) is 11.4. The van der Waals surface area contributed by atoms with Gasteiger partial charge in [0, 0.05) is 17.8 Å². The van der Waals surface area contributed by atoms with E-state index in [1.54, 1.807) is 0 Å². The van der Waals surface area contributed by atoms with Gasteiger partial charge in [-0.25, -0.2) is 13.2 Å². The molecule has 1 amide bonds. The maximum absolute atomic E-state index is 12.8. The van der Waals surface area contributed by atoms with Crippen molar-refractivity contribution in [2.45, 2.75) is 19.4 Å². The molecule has 0 fully saturated rings. The van der Waals surface area contributed by atoms with Crippen LogP contribution in [0.3, 0.4) is 0 Å². The van der Waals surface area contributed by atoms with Crippen LogP contribution >= 0.6 is 0 Å². The number of rotatable bonds is 2. The number of nitrogens with one attached hydrogen (secondary N) is 1. The molecule has 88 valence electrons. The molecule has 0 radical (unpaired) electrons. The molecule has 1 aromatic carbocycles. The summed E-state index contributed by atoms with van der Waals surface area (Å²) in [5.41, 5.74) is 4.09. The van der Waals surface area contributed by atoms with Crippen molar-refractivity contribution in [1.29, 1.82) is 0 Å². The highest BCUT2D eigenvalue weighted by molar-refractivity contribution is 5.97.